The van der Waals surface area contributed by atoms with Gasteiger partial charge in [0.1, 0.15) is 11.9 Å². The van der Waals surface area contributed by atoms with E-state index in [2.05, 4.69) is 25.4 Å². The molecule has 0 aromatic carbocycles. The molecule has 4 heterocycles. The summed E-state index contributed by atoms with van der Waals surface area (Å²) in [4.78, 5) is 31.1. The molecule has 1 saturated heterocycles. The molecule has 5 rings (SSSR count). The minimum Gasteiger partial charge on any atom is -0.341 e. The number of H-pyrrole nitrogens is 1. The number of carbonyl (C=O) groups excluding carboxylic acids is 1. The van der Waals surface area contributed by atoms with E-state index in [1.165, 1.54) is 0 Å². The Kier molecular flexibility index (Phi) is 5.93. The maximum atomic E-state index is 13.1. The SMILES string of the molecule is CCN(CC)C(=O)[C@H]1CCCN1c1nc2c(c(Nc3cc(-c4cccnc4)[nH]n3)n1)CCC2. The van der Waals surface area contributed by atoms with Crippen LogP contribution in [0.2, 0.25) is 0 Å². The van der Waals surface area contributed by atoms with Gasteiger partial charge in [-0.15, -0.1) is 0 Å². The van der Waals surface area contributed by atoms with Crippen LogP contribution in [0.4, 0.5) is 17.6 Å². The first-order chi connectivity index (χ1) is 16.2. The molecule has 1 atom stereocenters. The fourth-order valence-electron chi connectivity index (χ4n) is 4.84. The third-order valence-electron chi connectivity index (χ3n) is 6.59. The van der Waals surface area contributed by atoms with Crippen LogP contribution in [0.5, 0.6) is 0 Å². The molecule has 3 aromatic rings. The normalized spacial score (nSPS) is 17.3. The lowest BCUT2D eigenvalue weighted by molar-refractivity contribution is -0.132. The predicted molar refractivity (Wildman–Crippen MR) is 127 cm³/mol. The van der Waals surface area contributed by atoms with Gasteiger partial charge in [0.15, 0.2) is 5.82 Å². The molecule has 0 saturated carbocycles. The van der Waals surface area contributed by atoms with Gasteiger partial charge in [-0.2, -0.15) is 10.1 Å². The molecule has 9 nitrogen and oxygen atoms in total. The number of hydrogen-bond donors (Lipinski definition) is 2. The zero-order chi connectivity index (χ0) is 22.8. The number of rotatable bonds is 7. The molecule has 0 bridgehead atoms. The molecule has 0 unspecified atom stereocenters. The van der Waals surface area contributed by atoms with Crippen molar-refractivity contribution in [1.82, 2.24) is 30.0 Å². The van der Waals surface area contributed by atoms with E-state index in [4.69, 9.17) is 9.97 Å². The highest BCUT2D eigenvalue weighted by Gasteiger charge is 2.35. The second-order valence-corrected chi connectivity index (χ2v) is 8.55. The lowest BCUT2D eigenvalue weighted by atomic mass is 10.2. The van der Waals surface area contributed by atoms with E-state index in [9.17, 15) is 4.79 Å². The van der Waals surface area contributed by atoms with Crippen LogP contribution < -0.4 is 10.2 Å². The van der Waals surface area contributed by atoms with Crippen molar-refractivity contribution in [3.05, 3.63) is 41.9 Å². The summed E-state index contributed by atoms with van der Waals surface area (Å²) in [6.07, 6.45) is 8.30. The molecule has 1 aliphatic carbocycles. The number of carbonyl (C=O) groups is 1. The number of fused-ring (bicyclic) bond motifs is 1. The highest BCUT2D eigenvalue weighted by Crippen LogP contribution is 2.33. The first-order valence-corrected chi connectivity index (χ1v) is 11.9. The minimum absolute atomic E-state index is 0.171. The van der Waals surface area contributed by atoms with Crippen molar-refractivity contribution in [3.8, 4) is 11.3 Å². The number of likely N-dealkylation sites (N-methyl/N-ethyl adjacent to an activating group) is 1. The first-order valence-electron chi connectivity index (χ1n) is 11.9. The number of anilines is 3. The Hall–Kier alpha value is -3.49. The first kappa shape index (κ1) is 21.4. The zero-order valence-corrected chi connectivity index (χ0v) is 19.2. The minimum atomic E-state index is -0.195. The average Bonchev–Trinajstić information content (AvgIpc) is 3.60. The largest absolute Gasteiger partial charge is 0.341 e. The number of amides is 1. The number of nitrogens with zero attached hydrogens (tertiary/aromatic N) is 6. The lowest BCUT2D eigenvalue weighted by Crippen LogP contribution is -2.46. The van der Waals surface area contributed by atoms with E-state index in [0.717, 1.165) is 80.1 Å². The molecule has 2 aliphatic rings. The molecule has 172 valence electrons. The molecule has 1 fully saturated rings. The highest BCUT2D eigenvalue weighted by molar-refractivity contribution is 5.85. The van der Waals surface area contributed by atoms with E-state index in [0.29, 0.717) is 11.8 Å². The second-order valence-electron chi connectivity index (χ2n) is 8.55. The fraction of sp³-hybridized carbons (Fsp3) is 0.458. The van der Waals surface area contributed by atoms with E-state index in [1.807, 2.05) is 36.9 Å². The summed E-state index contributed by atoms with van der Waals surface area (Å²) in [5, 5.41) is 10.9. The molecule has 0 spiro atoms. The summed E-state index contributed by atoms with van der Waals surface area (Å²) in [6, 6.07) is 5.66. The maximum absolute atomic E-state index is 13.1. The van der Waals surface area contributed by atoms with Crippen molar-refractivity contribution < 1.29 is 4.79 Å². The van der Waals surface area contributed by atoms with E-state index in [-0.39, 0.29) is 11.9 Å². The van der Waals surface area contributed by atoms with Crippen LogP contribution in [-0.4, -0.2) is 61.6 Å². The Morgan fingerprint density at radius 1 is 1.24 bits per heavy atom. The number of hydrogen-bond acceptors (Lipinski definition) is 7. The average molecular weight is 447 g/mol. The Bertz CT molecular complexity index is 1120. The summed E-state index contributed by atoms with van der Waals surface area (Å²) in [6.45, 7) is 6.28. The van der Waals surface area contributed by atoms with Crippen molar-refractivity contribution in [2.45, 2.75) is 52.0 Å². The summed E-state index contributed by atoms with van der Waals surface area (Å²) in [5.41, 5.74) is 4.09. The Balaban J connectivity index is 1.43. The molecule has 3 aromatic heterocycles. The third kappa shape index (κ3) is 4.15. The van der Waals surface area contributed by atoms with Gasteiger partial charge in [0.2, 0.25) is 11.9 Å². The van der Waals surface area contributed by atoms with Crippen LogP contribution in [-0.2, 0) is 17.6 Å². The lowest BCUT2D eigenvalue weighted by Gasteiger charge is -2.29. The zero-order valence-electron chi connectivity index (χ0n) is 19.2. The van der Waals surface area contributed by atoms with E-state index < -0.39 is 0 Å². The van der Waals surface area contributed by atoms with Gasteiger partial charge in [0.05, 0.1) is 11.4 Å². The van der Waals surface area contributed by atoms with Crippen LogP contribution in [0.25, 0.3) is 11.3 Å². The van der Waals surface area contributed by atoms with Crippen LogP contribution in [0.15, 0.2) is 30.6 Å². The van der Waals surface area contributed by atoms with Crippen LogP contribution in [0.3, 0.4) is 0 Å². The molecule has 9 heteroatoms. The smallest absolute Gasteiger partial charge is 0.245 e. The van der Waals surface area contributed by atoms with Crippen LogP contribution in [0.1, 0.15) is 44.4 Å². The van der Waals surface area contributed by atoms with Gasteiger partial charge in [0.25, 0.3) is 0 Å². The number of aromatic amines is 1. The standard InChI is InChI=1S/C24H30N8O/c1-3-31(4-2)23(33)20-11-7-13-32(20)24-26-18-10-5-9-17(18)22(28-24)27-21-14-19(29-30-21)16-8-6-12-25-15-16/h6,8,12,14-15,20H,3-5,7,9-11,13H2,1-2H3,(H2,26,27,28,29,30)/t20-/m1/s1. The summed E-state index contributed by atoms with van der Waals surface area (Å²) >= 11 is 0. The monoisotopic (exact) mass is 446 g/mol. The molecule has 2 N–H and O–H groups in total. The summed E-state index contributed by atoms with van der Waals surface area (Å²) < 4.78 is 0. The molecule has 0 radical (unpaired) electrons. The van der Waals surface area contributed by atoms with Gasteiger partial charge in [-0.1, -0.05) is 0 Å². The van der Waals surface area contributed by atoms with Gasteiger partial charge in [-0.3, -0.25) is 14.9 Å². The summed E-state index contributed by atoms with van der Waals surface area (Å²) in [7, 11) is 0. The molecular weight excluding hydrogens is 416 g/mol. The van der Waals surface area contributed by atoms with E-state index in [1.54, 1.807) is 12.4 Å². The molecule has 1 aliphatic heterocycles. The Morgan fingerprint density at radius 2 is 2.12 bits per heavy atom. The van der Waals surface area contributed by atoms with Gasteiger partial charge in [-0.25, -0.2) is 4.98 Å². The predicted octanol–water partition coefficient (Wildman–Crippen LogP) is 3.33. The van der Waals surface area contributed by atoms with E-state index >= 15 is 0 Å². The summed E-state index contributed by atoms with van der Waals surface area (Å²) in [5.74, 6) is 2.30. The number of pyridine rings is 1. The van der Waals surface area contributed by atoms with Crippen molar-refractivity contribution in [2.24, 2.45) is 0 Å². The quantitative estimate of drug-likeness (QED) is 0.574. The maximum Gasteiger partial charge on any atom is 0.245 e. The van der Waals surface area contributed by atoms with Crippen molar-refractivity contribution >= 4 is 23.5 Å². The van der Waals surface area contributed by atoms with Gasteiger partial charge < -0.3 is 15.1 Å². The van der Waals surface area contributed by atoms with Crippen LogP contribution in [0, 0.1) is 0 Å². The molecular formula is C24H30N8O. The van der Waals surface area contributed by atoms with Crippen molar-refractivity contribution in [2.75, 3.05) is 29.9 Å². The topological polar surface area (TPSA) is 103 Å². The molecule has 33 heavy (non-hydrogen) atoms. The second kappa shape index (κ2) is 9.17. The fourth-order valence-corrected chi connectivity index (χ4v) is 4.84. The molecule has 1 amide bonds. The van der Waals surface area contributed by atoms with Gasteiger partial charge in [0, 0.05) is 49.2 Å². The van der Waals surface area contributed by atoms with Crippen molar-refractivity contribution in [3.63, 3.8) is 0 Å². The number of aromatic nitrogens is 5. The Morgan fingerprint density at radius 3 is 2.91 bits per heavy atom. The Labute approximate surface area is 193 Å². The number of nitrogens with one attached hydrogen (secondary N) is 2. The highest BCUT2D eigenvalue weighted by atomic mass is 16.2. The third-order valence-corrected chi connectivity index (χ3v) is 6.59. The number of aryl methyl sites for hydroxylation is 1. The van der Waals surface area contributed by atoms with Gasteiger partial charge >= 0.3 is 0 Å². The van der Waals surface area contributed by atoms with Gasteiger partial charge in [-0.05, 0) is 58.1 Å². The van der Waals surface area contributed by atoms with Crippen LogP contribution >= 0.6 is 0 Å². The van der Waals surface area contributed by atoms with Crippen molar-refractivity contribution in [1.29, 1.82) is 0 Å².